The van der Waals surface area contributed by atoms with Crippen molar-refractivity contribution in [2.75, 3.05) is 13.2 Å². The van der Waals surface area contributed by atoms with E-state index in [0.29, 0.717) is 0 Å². The number of rotatable bonds is 9. The average Bonchev–Trinajstić information content (AvgIpc) is 2.67. The molecule has 0 unspecified atom stereocenters. The molecule has 2 rings (SSSR count). The molecule has 0 spiro atoms. The minimum absolute atomic E-state index is 0.0130. The summed E-state index contributed by atoms with van der Waals surface area (Å²) in [5, 5.41) is 11.0. The first kappa shape index (κ1) is 26.1. The summed E-state index contributed by atoms with van der Waals surface area (Å²) in [6.45, 7) is 10.4. The third-order valence-electron chi connectivity index (χ3n) is 5.33. The van der Waals surface area contributed by atoms with E-state index >= 15 is 0 Å². The van der Waals surface area contributed by atoms with E-state index in [1.807, 2.05) is 0 Å². The second-order valence-electron chi connectivity index (χ2n) is 8.58. The lowest BCUT2D eigenvalue weighted by molar-refractivity contribution is -0.387. The van der Waals surface area contributed by atoms with Crippen molar-refractivity contribution in [3.63, 3.8) is 0 Å². The molecule has 6 nitrogen and oxygen atoms in total. The van der Waals surface area contributed by atoms with Gasteiger partial charge < -0.3 is 13.9 Å². The predicted octanol–water partition coefficient (Wildman–Crippen LogP) is 6.75. The van der Waals surface area contributed by atoms with Crippen LogP contribution in [0.5, 0.6) is 11.5 Å². The Hall–Kier alpha value is -2.11. The van der Waals surface area contributed by atoms with Gasteiger partial charge in [0.2, 0.25) is 5.82 Å². The summed E-state index contributed by atoms with van der Waals surface area (Å²) < 4.78 is 59.1. The first-order chi connectivity index (χ1) is 14.7. The van der Waals surface area contributed by atoms with Crippen molar-refractivity contribution in [2.45, 2.75) is 45.5 Å². The second-order valence-corrected chi connectivity index (χ2v) is 14.2. The molecule has 0 aliphatic heterocycles. The minimum Gasteiger partial charge on any atom is -0.491 e. The molecule has 0 aliphatic rings. The summed E-state index contributed by atoms with van der Waals surface area (Å²) in [4.78, 5) is 10.0. The summed E-state index contributed by atoms with van der Waals surface area (Å²) >= 11 is 3.04. The number of hydrogen-bond acceptors (Lipinski definition) is 5. The van der Waals surface area contributed by atoms with Crippen LogP contribution in [0.3, 0.4) is 0 Å². The average molecular weight is 536 g/mol. The summed E-state index contributed by atoms with van der Waals surface area (Å²) in [6, 6.07) is 3.93. The fraction of sp³-hybridized carbons (Fsp3) is 0.429. The minimum atomic E-state index is -1.99. The summed E-state index contributed by atoms with van der Waals surface area (Å²) in [6.07, 6.45) is 0. The first-order valence-corrected chi connectivity index (χ1v) is 13.4. The fourth-order valence-electron chi connectivity index (χ4n) is 2.43. The molecule has 0 aliphatic carbocycles. The molecule has 0 saturated carbocycles. The van der Waals surface area contributed by atoms with Gasteiger partial charge in [-0.05, 0) is 52.3 Å². The van der Waals surface area contributed by atoms with Crippen LogP contribution in [0.15, 0.2) is 28.7 Å². The lowest BCUT2D eigenvalue weighted by Gasteiger charge is -2.36. The maximum Gasteiger partial charge on any atom is 0.308 e. The molecular weight excluding hydrogens is 511 g/mol. The van der Waals surface area contributed by atoms with Crippen LogP contribution in [0.4, 0.5) is 18.9 Å². The van der Waals surface area contributed by atoms with Gasteiger partial charge in [0.1, 0.15) is 24.7 Å². The van der Waals surface area contributed by atoms with Crippen LogP contribution in [-0.4, -0.2) is 26.5 Å². The highest BCUT2D eigenvalue weighted by atomic mass is 79.9. The molecule has 2 aromatic rings. The Balaban J connectivity index is 2.15. The van der Waals surface area contributed by atoms with Crippen LogP contribution in [0.25, 0.3) is 0 Å². The van der Waals surface area contributed by atoms with Gasteiger partial charge in [-0.1, -0.05) is 20.8 Å². The van der Waals surface area contributed by atoms with Crippen LogP contribution in [0, 0.1) is 27.6 Å². The molecule has 0 N–H and O–H groups in total. The summed E-state index contributed by atoms with van der Waals surface area (Å²) in [5.74, 6) is -3.38. The topological polar surface area (TPSA) is 70.8 Å². The van der Waals surface area contributed by atoms with Gasteiger partial charge in [0.15, 0.2) is 20.0 Å². The molecule has 0 bridgehead atoms. The van der Waals surface area contributed by atoms with E-state index in [4.69, 9.17) is 13.9 Å². The van der Waals surface area contributed by atoms with E-state index in [2.05, 4.69) is 49.8 Å². The van der Waals surface area contributed by atoms with Crippen molar-refractivity contribution in [2.24, 2.45) is 0 Å². The van der Waals surface area contributed by atoms with E-state index in [-0.39, 0.29) is 39.8 Å². The maximum absolute atomic E-state index is 14.5. The molecule has 0 fully saturated rings. The quantitative estimate of drug-likeness (QED) is 0.153. The molecule has 0 radical (unpaired) electrons. The number of nitro groups is 1. The van der Waals surface area contributed by atoms with Crippen LogP contribution < -0.4 is 9.47 Å². The third kappa shape index (κ3) is 6.23. The molecule has 0 amide bonds. The van der Waals surface area contributed by atoms with Crippen LogP contribution in [-0.2, 0) is 11.0 Å². The number of nitro benzene ring substituents is 1. The standard InChI is InChI=1S/C21H25BrF3NO5Si/c1-21(2,3)32(4,5)31-9-8-29-18-7-6-15(23)20(25)13(18)12-30-19-11-17(26(27)28)16(24)10-14(19)22/h6-7,10-11H,8-9,12H2,1-5H3. The first-order valence-electron chi connectivity index (χ1n) is 9.74. The Morgan fingerprint density at radius 2 is 1.69 bits per heavy atom. The Labute approximate surface area is 194 Å². The van der Waals surface area contributed by atoms with Gasteiger partial charge in [-0.25, -0.2) is 8.78 Å². The van der Waals surface area contributed by atoms with Crippen LogP contribution in [0.1, 0.15) is 26.3 Å². The fourth-order valence-corrected chi connectivity index (χ4v) is 3.88. The van der Waals surface area contributed by atoms with Gasteiger partial charge in [-0.2, -0.15) is 4.39 Å². The van der Waals surface area contributed by atoms with Gasteiger partial charge in [-0.15, -0.1) is 0 Å². The molecule has 2 aromatic carbocycles. The number of ether oxygens (including phenoxy) is 2. The summed E-state index contributed by atoms with van der Waals surface area (Å²) in [7, 11) is -1.99. The molecule has 0 saturated heterocycles. The van der Waals surface area contributed by atoms with E-state index in [1.54, 1.807) is 0 Å². The molecule has 0 aromatic heterocycles. The van der Waals surface area contributed by atoms with E-state index in [0.717, 1.165) is 18.2 Å². The summed E-state index contributed by atoms with van der Waals surface area (Å²) in [5.41, 5.74) is -1.02. The Kier molecular flexibility index (Phi) is 8.35. The predicted molar refractivity (Wildman–Crippen MR) is 120 cm³/mol. The Morgan fingerprint density at radius 1 is 1.03 bits per heavy atom. The normalized spacial score (nSPS) is 12.0. The van der Waals surface area contributed by atoms with E-state index < -0.39 is 43.0 Å². The maximum atomic E-state index is 14.5. The molecular formula is C21H25BrF3NO5Si. The zero-order chi connectivity index (χ0) is 24.3. The molecule has 11 heteroatoms. The molecule has 0 atom stereocenters. The highest BCUT2D eigenvalue weighted by Gasteiger charge is 2.37. The van der Waals surface area contributed by atoms with Crippen molar-refractivity contribution in [1.82, 2.24) is 0 Å². The van der Waals surface area contributed by atoms with Gasteiger partial charge in [0, 0.05) is 0 Å². The number of hydrogen-bond donors (Lipinski definition) is 0. The Morgan fingerprint density at radius 3 is 2.28 bits per heavy atom. The largest absolute Gasteiger partial charge is 0.491 e. The van der Waals surface area contributed by atoms with Gasteiger partial charge in [0.25, 0.3) is 0 Å². The van der Waals surface area contributed by atoms with Crippen LogP contribution >= 0.6 is 15.9 Å². The number of halogens is 4. The van der Waals surface area contributed by atoms with Gasteiger partial charge in [-0.3, -0.25) is 10.1 Å². The number of benzene rings is 2. The second kappa shape index (κ2) is 10.2. The zero-order valence-electron chi connectivity index (χ0n) is 18.4. The Bertz CT molecular complexity index is 998. The van der Waals surface area contributed by atoms with Crippen molar-refractivity contribution < 1.29 is 32.0 Å². The molecule has 32 heavy (non-hydrogen) atoms. The van der Waals surface area contributed by atoms with Crippen molar-refractivity contribution in [3.8, 4) is 11.5 Å². The third-order valence-corrected chi connectivity index (χ3v) is 10.5. The zero-order valence-corrected chi connectivity index (χ0v) is 21.0. The lowest BCUT2D eigenvalue weighted by atomic mass is 10.2. The highest BCUT2D eigenvalue weighted by molar-refractivity contribution is 9.10. The monoisotopic (exact) mass is 535 g/mol. The number of nitrogens with zero attached hydrogens (tertiary/aromatic N) is 1. The van der Waals surface area contributed by atoms with E-state index in [1.165, 1.54) is 6.07 Å². The smallest absolute Gasteiger partial charge is 0.308 e. The van der Waals surface area contributed by atoms with E-state index in [9.17, 15) is 23.3 Å². The van der Waals surface area contributed by atoms with Gasteiger partial charge in [0.05, 0.1) is 27.6 Å². The van der Waals surface area contributed by atoms with Crippen molar-refractivity contribution in [1.29, 1.82) is 0 Å². The van der Waals surface area contributed by atoms with Crippen molar-refractivity contribution >= 4 is 29.9 Å². The lowest BCUT2D eigenvalue weighted by Crippen LogP contribution is -2.41. The molecule has 0 heterocycles. The highest BCUT2D eigenvalue weighted by Crippen LogP contribution is 2.37. The van der Waals surface area contributed by atoms with Gasteiger partial charge >= 0.3 is 5.69 Å². The SMILES string of the molecule is CC(C)(C)[Si](C)(C)OCCOc1ccc(F)c(F)c1COc1cc([N+](=O)[O-])c(F)cc1Br. The van der Waals surface area contributed by atoms with Crippen molar-refractivity contribution in [3.05, 3.63) is 61.9 Å². The molecule has 176 valence electrons. The van der Waals surface area contributed by atoms with Crippen LogP contribution in [0.2, 0.25) is 18.1 Å².